The molecule has 1 aromatic heterocycles. The molecule has 2 heterocycles. The van der Waals surface area contributed by atoms with E-state index in [4.69, 9.17) is 4.74 Å². The third-order valence-electron chi connectivity index (χ3n) is 4.05. The van der Waals surface area contributed by atoms with Crippen molar-refractivity contribution in [1.29, 1.82) is 0 Å². The monoisotopic (exact) mass is 396 g/mol. The fourth-order valence-electron chi connectivity index (χ4n) is 2.63. The van der Waals surface area contributed by atoms with E-state index in [9.17, 15) is 9.59 Å². The van der Waals surface area contributed by atoms with Gasteiger partial charge in [-0.25, -0.2) is 9.78 Å². The summed E-state index contributed by atoms with van der Waals surface area (Å²) in [7, 11) is 0. The summed E-state index contributed by atoms with van der Waals surface area (Å²) in [5.74, 6) is -0.110. The van der Waals surface area contributed by atoms with E-state index in [0.717, 1.165) is 15.5 Å². The van der Waals surface area contributed by atoms with Crippen LogP contribution in [0.15, 0.2) is 52.7 Å². The largest absolute Gasteiger partial charge is 0.456 e. The number of amides is 1. The molecule has 4 rings (SSSR count). The van der Waals surface area contributed by atoms with Gasteiger partial charge in [0, 0.05) is 15.8 Å². The minimum atomic E-state index is -0.437. The van der Waals surface area contributed by atoms with E-state index < -0.39 is 5.97 Å². The number of hydrogen-bond acceptors (Lipinski definition) is 6. The maximum atomic E-state index is 12.3. The number of esters is 1. The highest BCUT2D eigenvalue weighted by molar-refractivity contribution is 8.00. The molecule has 1 aliphatic rings. The standard InChI is InChI=1S/C20H16N2O3S2/c1-12-2-4-13(5-3-12)19-21-15(10-27-19)9-25-20(24)14-6-7-17-16(8-14)22-18(23)11-26-17/h2-8,10H,9,11H2,1H3,(H,22,23). The number of fused-ring (bicyclic) bond motifs is 1. The van der Waals surface area contributed by atoms with Crippen LogP contribution in [0.25, 0.3) is 10.6 Å². The molecule has 0 spiro atoms. The van der Waals surface area contributed by atoms with Crippen LogP contribution in [0.2, 0.25) is 0 Å². The Labute approximate surface area is 164 Å². The molecule has 1 N–H and O–H groups in total. The molecule has 2 aromatic carbocycles. The fourth-order valence-corrected chi connectivity index (χ4v) is 4.23. The summed E-state index contributed by atoms with van der Waals surface area (Å²) in [6.07, 6.45) is 0. The Balaban J connectivity index is 1.42. The number of nitrogens with zero attached hydrogens (tertiary/aromatic N) is 1. The van der Waals surface area contributed by atoms with Gasteiger partial charge in [0.15, 0.2) is 0 Å². The molecule has 1 aliphatic heterocycles. The van der Waals surface area contributed by atoms with E-state index in [1.807, 2.05) is 42.6 Å². The Morgan fingerprint density at radius 1 is 1.22 bits per heavy atom. The quantitative estimate of drug-likeness (QED) is 0.657. The third-order valence-corrected chi connectivity index (χ3v) is 6.06. The summed E-state index contributed by atoms with van der Waals surface area (Å²) in [4.78, 5) is 29.3. The molecule has 0 saturated heterocycles. The van der Waals surface area contributed by atoms with E-state index in [2.05, 4.69) is 10.3 Å². The van der Waals surface area contributed by atoms with Crippen molar-refractivity contribution in [2.45, 2.75) is 18.4 Å². The predicted molar refractivity (Wildman–Crippen MR) is 107 cm³/mol. The molecule has 5 nitrogen and oxygen atoms in total. The van der Waals surface area contributed by atoms with Gasteiger partial charge in [-0.3, -0.25) is 4.79 Å². The molecule has 0 fully saturated rings. The first kappa shape index (κ1) is 17.8. The highest BCUT2D eigenvalue weighted by Gasteiger charge is 2.18. The number of aromatic nitrogens is 1. The zero-order valence-corrected chi connectivity index (χ0v) is 16.2. The van der Waals surface area contributed by atoms with E-state index in [1.54, 1.807) is 12.1 Å². The van der Waals surface area contributed by atoms with Gasteiger partial charge in [0.05, 0.1) is 22.7 Å². The average Bonchev–Trinajstić information content (AvgIpc) is 3.15. The number of ether oxygens (including phenoxy) is 1. The summed E-state index contributed by atoms with van der Waals surface area (Å²) in [5.41, 5.74) is 4.02. The molecular weight excluding hydrogens is 380 g/mol. The molecule has 3 aromatic rings. The van der Waals surface area contributed by atoms with E-state index in [-0.39, 0.29) is 12.5 Å². The molecule has 1 amide bonds. The topological polar surface area (TPSA) is 68.3 Å². The molecule has 0 atom stereocenters. The van der Waals surface area contributed by atoms with Crippen LogP contribution in [0.4, 0.5) is 5.69 Å². The molecule has 0 aliphatic carbocycles. The van der Waals surface area contributed by atoms with Gasteiger partial charge in [0.1, 0.15) is 11.6 Å². The SMILES string of the molecule is Cc1ccc(-c2nc(COC(=O)c3ccc4c(c3)NC(=O)CS4)cs2)cc1. The number of thioether (sulfide) groups is 1. The van der Waals surface area contributed by atoms with Crippen LogP contribution < -0.4 is 5.32 Å². The number of nitrogens with one attached hydrogen (secondary N) is 1. The fraction of sp³-hybridized carbons (Fsp3) is 0.150. The van der Waals surface area contributed by atoms with E-state index in [1.165, 1.54) is 28.7 Å². The Morgan fingerprint density at radius 2 is 2.04 bits per heavy atom. The second kappa shape index (κ2) is 7.54. The predicted octanol–water partition coefficient (Wildman–Crippen LogP) is 4.52. The van der Waals surface area contributed by atoms with Gasteiger partial charge < -0.3 is 10.1 Å². The summed E-state index contributed by atoms with van der Waals surface area (Å²) >= 11 is 2.98. The van der Waals surface area contributed by atoms with E-state index in [0.29, 0.717) is 22.7 Å². The van der Waals surface area contributed by atoms with E-state index >= 15 is 0 Å². The Kier molecular flexibility index (Phi) is 4.96. The number of benzene rings is 2. The van der Waals surface area contributed by atoms with Gasteiger partial charge in [-0.1, -0.05) is 29.8 Å². The summed E-state index contributed by atoms with van der Waals surface area (Å²) in [6.45, 7) is 2.15. The van der Waals surface area contributed by atoms with Gasteiger partial charge in [0.2, 0.25) is 5.91 Å². The van der Waals surface area contributed by atoms with Crippen LogP contribution in [0.1, 0.15) is 21.6 Å². The van der Waals surface area contributed by atoms with Crippen molar-refractivity contribution < 1.29 is 14.3 Å². The van der Waals surface area contributed by atoms with Gasteiger partial charge >= 0.3 is 5.97 Å². The Bertz CT molecular complexity index is 1010. The summed E-state index contributed by atoms with van der Waals surface area (Å²) < 4.78 is 5.39. The lowest BCUT2D eigenvalue weighted by Crippen LogP contribution is -2.19. The average molecular weight is 396 g/mol. The molecule has 27 heavy (non-hydrogen) atoms. The zero-order chi connectivity index (χ0) is 18.8. The number of carbonyl (C=O) groups excluding carboxylic acids is 2. The first-order chi connectivity index (χ1) is 13.1. The van der Waals surface area contributed by atoms with Gasteiger partial charge in [-0.2, -0.15) is 0 Å². The van der Waals surface area contributed by atoms with Crippen molar-refractivity contribution in [3.8, 4) is 10.6 Å². The van der Waals surface area contributed by atoms with Crippen molar-refractivity contribution in [2.24, 2.45) is 0 Å². The zero-order valence-electron chi connectivity index (χ0n) is 14.5. The lowest BCUT2D eigenvalue weighted by atomic mass is 10.2. The molecule has 0 saturated carbocycles. The molecular formula is C20H16N2O3S2. The number of hydrogen-bond donors (Lipinski definition) is 1. The van der Waals surface area contributed by atoms with Crippen LogP contribution in [-0.2, 0) is 16.1 Å². The van der Waals surface area contributed by atoms with Crippen molar-refractivity contribution in [1.82, 2.24) is 4.98 Å². The lowest BCUT2D eigenvalue weighted by molar-refractivity contribution is -0.113. The molecule has 136 valence electrons. The highest BCUT2D eigenvalue weighted by Crippen LogP contribution is 2.32. The summed E-state index contributed by atoms with van der Waals surface area (Å²) in [5, 5.41) is 5.57. The van der Waals surface area contributed by atoms with Gasteiger partial charge in [-0.15, -0.1) is 23.1 Å². The second-order valence-corrected chi connectivity index (χ2v) is 8.01. The Morgan fingerprint density at radius 3 is 2.85 bits per heavy atom. The van der Waals surface area contributed by atoms with Gasteiger partial charge in [-0.05, 0) is 25.1 Å². The van der Waals surface area contributed by atoms with Crippen LogP contribution >= 0.6 is 23.1 Å². The number of rotatable bonds is 4. The maximum Gasteiger partial charge on any atom is 0.338 e. The highest BCUT2D eigenvalue weighted by atomic mass is 32.2. The lowest BCUT2D eigenvalue weighted by Gasteiger charge is -2.16. The number of carbonyl (C=O) groups is 2. The second-order valence-electron chi connectivity index (χ2n) is 6.13. The number of anilines is 1. The normalized spacial score (nSPS) is 13.0. The molecule has 0 radical (unpaired) electrons. The molecule has 7 heteroatoms. The van der Waals surface area contributed by atoms with Crippen molar-refractivity contribution in [2.75, 3.05) is 11.1 Å². The van der Waals surface area contributed by atoms with Crippen molar-refractivity contribution >= 4 is 40.7 Å². The van der Waals surface area contributed by atoms with Gasteiger partial charge in [0.25, 0.3) is 0 Å². The Hall–Kier alpha value is -2.64. The molecule has 0 bridgehead atoms. The van der Waals surface area contributed by atoms with Crippen molar-refractivity contribution in [3.63, 3.8) is 0 Å². The molecule has 0 unspecified atom stereocenters. The number of thiazole rings is 1. The third kappa shape index (κ3) is 4.04. The number of aryl methyl sites for hydroxylation is 1. The van der Waals surface area contributed by atoms with Crippen LogP contribution in [-0.4, -0.2) is 22.6 Å². The summed E-state index contributed by atoms with van der Waals surface area (Å²) in [6, 6.07) is 13.3. The minimum Gasteiger partial charge on any atom is -0.456 e. The van der Waals surface area contributed by atoms with Crippen molar-refractivity contribution in [3.05, 3.63) is 64.7 Å². The maximum absolute atomic E-state index is 12.3. The first-order valence-corrected chi connectivity index (χ1v) is 10.2. The smallest absolute Gasteiger partial charge is 0.338 e. The van der Waals surface area contributed by atoms with Crippen LogP contribution in [0.5, 0.6) is 0 Å². The van der Waals surface area contributed by atoms with Crippen LogP contribution in [0.3, 0.4) is 0 Å². The first-order valence-electron chi connectivity index (χ1n) is 8.34. The van der Waals surface area contributed by atoms with Crippen LogP contribution in [0, 0.1) is 6.92 Å². The minimum absolute atomic E-state index is 0.0656.